The summed E-state index contributed by atoms with van der Waals surface area (Å²) < 4.78 is 12.5. The van der Waals surface area contributed by atoms with Crippen LogP contribution < -0.4 is 45.3 Å². The smallest absolute Gasteiger partial charge is 0.543 e. The molecule has 3 rings (SSSR count). The zero-order valence-electron chi connectivity index (χ0n) is 24.0. The van der Waals surface area contributed by atoms with Crippen molar-refractivity contribution in [2.75, 3.05) is 19.8 Å². The maximum absolute atomic E-state index is 13.0. The van der Waals surface area contributed by atoms with E-state index in [0.29, 0.717) is 0 Å². The Labute approximate surface area is 302 Å². The molecule has 2 heterocycles. The largest absolute Gasteiger partial charge is 1.00 e. The van der Waals surface area contributed by atoms with Crippen LogP contribution in [0.5, 0.6) is 0 Å². The zero-order valence-corrected chi connectivity index (χ0v) is 29.0. The number of carboxylic acid groups (broad SMARTS) is 1. The normalized spacial score (nSPS) is 19.2. The van der Waals surface area contributed by atoms with Crippen LogP contribution in [0.1, 0.15) is 23.7 Å². The summed E-state index contributed by atoms with van der Waals surface area (Å²) in [4.78, 5) is 86.6. The van der Waals surface area contributed by atoms with E-state index in [2.05, 4.69) is 15.4 Å². The predicted octanol–water partition coefficient (Wildman–Crippen LogP) is -2.66. The van der Waals surface area contributed by atoms with Gasteiger partial charge in [0, 0.05) is 17.7 Å². The van der Waals surface area contributed by atoms with Crippen molar-refractivity contribution in [2.45, 2.75) is 33.8 Å². The average Bonchev–Trinajstić information content (AvgIpc) is 2.98. The number of hydrogen-bond donors (Lipinski definition) is 2. The van der Waals surface area contributed by atoms with Gasteiger partial charge in [-0.1, -0.05) is 53.0 Å². The third kappa shape index (κ3) is 10.5. The molecule has 240 valence electrons. The number of halogens is 3. The van der Waals surface area contributed by atoms with Gasteiger partial charge in [-0.2, -0.15) is 5.26 Å². The Morgan fingerprint density at radius 2 is 1.78 bits per heavy atom. The third-order valence-corrected chi connectivity index (χ3v) is 7.97. The van der Waals surface area contributed by atoms with Gasteiger partial charge in [-0.15, -0.1) is 11.8 Å². The first kappa shape index (κ1) is 39.1. The number of alkyl halides is 3. The van der Waals surface area contributed by atoms with Gasteiger partial charge in [-0.25, -0.2) is 9.59 Å². The van der Waals surface area contributed by atoms with E-state index in [1.54, 1.807) is 24.3 Å². The van der Waals surface area contributed by atoms with Gasteiger partial charge in [0.15, 0.2) is 0 Å². The van der Waals surface area contributed by atoms with Crippen molar-refractivity contribution in [3.05, 3.63) is 47.2 Å². The minimum Gasteiger partial charge on any atom is -0.543 e. The minimum atomic E-state index is -1.97. The Kier molecular flexibility index (Phi) is 14.6. The van der Waals surface area contributed by atoms with Crippen LogP contribution in [-0.2, 0) is 38.2 Å². The van der Waals surface area contributed by atoms with Crippen molar-refractivity contribution in [3.63, 3.8) is 0 Å². The van der Waals surface area contributed by atoms with E-state index in [-0.39, 0.29) is 40.7 Å². The number of hydrogen-bond acceptors (Lipinski definition) is 13. The van der Waals surface area contributed by atoms with Crippen molar-refractivity contribution >= 4 is 88.3 Å². The molecule has 1 fully saturated rings. The quantitative estimate of drug-likeness (QED) is 0.0594. The van der Waals surface area contributed by atoms with E-state index in [0.717, 1.165) is 23.6 Å². The SMILES string of the molecule is CC(=O)OCC1=C(C(=O)[O-])N2C(=O)C(NC(=O)CNC(=O)OC(=O)c3ccccc3)[C@@H]2SC1CC(C#N)C(=O)OCC(Cl)(Cl)Cl.[Na+]. The third-order valence-electron chi connectivity index (χ3n) is 6.08. The summed E-state index contributed by atoms with van der Waals surface area (Å²) in [6.45, 7) is -0.980. The maximum Gasteiger partial charge on any atom is 1.00 e. The molecule has 0 aliphatic carbocycles. The van der Waals surface area contributed by atoms with Crippen LogP contribution in [0.2, 0.25) is 0 Å². The summed E-state index contributed by atoms with van der Waals surface area (Å²) in [7, 11) is 0. The fourth-order valence-electron chi connectivity index (χ4n) is 4.10. The Morgan fingerprint density at radius 1 is 1.13 bits per heavy atom. The number of β-lactam (4-membered cyclic amide) rings is 1. The molecule has 3 unspecified atom stereocenters. The fourth-order valence-corrected chi connectivity index (χ4v) is 5.92. The van der Waals surface area contributed by atoms with Crippen LogP contribution in [0, 0.1) is 17.2 Å². The second kappa shape index (κ2) is 17.2. The number of carbonyl (C=O) groups excluding carboxylic acids is 7. The van der Waals surface area contributed by atoms with Gasteiger partial charge >= 0.3 is 53.6 Å². The second-order valence-electron chi connectivity index (χ2n) is 9.25. The molecule has 2 N–H and O–H groups in total. The Bertz CT molecular complexity index is 1470. The number of nitriles is 1. The van der Waals surface area contributed by atoms with Crippen molar-refractivity contribution in [3.8, 4) is 6.07 Å². The molecule has 2 aliphatic heterocycles. The number of esters is 3. The molecule has 0 bridgehead atoms. The maximum atomic E-state index is 13.0. The molecule has 15 nitrogen and oxygen atoms in total. The van der Waals surface area contributed by atoms with Crippen molar-refractivity contribution in [1.82, 2.24) is 15.5 Å². The molecule has 20 heteroatoms. The molecule has 0 saturated carbocycles. The van der Waals surface area contributed by atoms with E-state index in [1.165, 1.54) is 12.1 Å². The van der Waals surface area contributed by atoms with Crippen LogP contribution in [0.15, 0.2) is 41.6 Å². The number of thioether (sulfide) groups is 1. The number of nitrogens with one attached hydrogen (secondary N) is 2. The Balaban J connectivity index is 0.00000736. The first-order valence-electron chi connectivity index (χ1n) is 12.7. The fraction of sp³-hybridized carbons (Fsp3) is 0.385. The Hall–Kier alpha value is -3.04. The van der Waals surface area contributed by atoms with Crippen LogP contribution in [0.25, 0.3) is 0 Å². The van der Waals surface area contributed by atoms with E-state index >= 15 is 0 Å². The molecule has 1 aromatic carbocycles. The summed E-state index contributed by atoms with van der Waals surface area (Å²) in [6, 6.07) is 7.96. The predicted molar refractivity (Wildman–Crippen MR) is 153 cm³/mol. The number of carboxylic acids is 1. The number of alkyl carbamates (subject to hydrolysis) is 1. The molecule has 4 atom stereocenters. The van der Waals surface area contributed by atoms with Gasteiger partial charge in [-0.05, 0) is 18.6 Å². The first-order valence-corrected chi connectivity index (χ1v) is 14.7. The number of aliphatic carboxylic acids is 1. The van der Waals surface area contributed by atoms with Crippen LogP contribution >= 0.6 is 46.6 Å². The second-order valence-corrected chi connectivity index (χ2v) is 13.1. The van der Waals surface area contributed by atoms with Crippen LogP contribution in [0.3, 0.4) is 0 Å². The summed E-state index contributed by atoms with van der Waals surface area (Å²) in [6.07, 6.45) is -1.64. The number of carbonyl (C=O) groups is 7. The number of amides is 3. The van der Waals surface area contributed by atoms with E-state index in [4.69, 9.17) is 44.3 Å². The first-order chi connectivity index (χ1) is 21.1. The molecule has 0 spiro atoms. The van der Waals surface area contributed by atoms with Crippen LogP contribution in [-0.4, -0.2) is 86.9 Å². The van der Waals surface area contributed by atoms with E-state index < -0.39 is 100 Å². The van der Waals surface area contributed by atoms with Gasteiger partial charge in [0.2, 0.25) is 9.70 Å². The number of ether oxygens (including phenoxy) is 3. The number of rotatable bonds is 11. The summed E-state index contributed by atoms with van der Waals surface area (Å²) in [5, 5.41) is 24.1. The molecule has 0 aromatic heterocycles. The minimum absolute atomic E-state index is 0. The van der Waals surface area contributed by atoms with Crippen molar-refractivity contribution in [1.29, 1.82) is 5.26 Å². The van der Waals surface area contributed by atoms with Gasteiger partial charge in [0.05, 0.1) is 23.3 Å². The van der Waals surface area contributed by atoms with Gasteiger partial charge in [0.25, 0.3) is 5.91 Å². The number of benzene rings is 1. The standard InChI is InChI=1S/C26H23Cl3N4O11S.Na/c1-12(34)42-10-15-16(7-14(8-30)23(39)43-11-26(27,28)29)45-21-18(20(36)33(21)19(15)22(37)38)32-17(35)9-31-25(41)44-24(40)13-5-3-2-4-6-13;/h2-6,14,16,18,21H,7,9-11H2,1H3,(H,31,41)(H,32,35)(H,37,38);/q;+1/p-1/t14?,16?,18?,21-;/m0./s1. The molecule has 2 aliphatic rings. The van der Waals surface area contributed by atoms with Gasteiger partial charge in [0.1, 0.15) is 37.1 Å². The van der Waals surface area contributed by atoms with Gasteiger partial charge < -0.3 is 34.7 Å². The van der Waals surface area contributed by atoms with Gasteiger partial charge in [-0.3, -0.25) is 24.1 Å². The summed E-state index contributed by atoms with van der Waals surface area (Å²) in [5.74, 6) is -7.97. The number of fused-ring (bicyclic) bond motifs is 1. The average molecular weight is 728 g/mol. The zero-order chi connectivity index (χ0) is 33.5. The monoisotopic (exact) mass is 726 g/mol. The van der Waals surface area contributed by atoms with Crippen molar-refractivity contribution < 1.29 is 82.4 Å². The summed E-state index contributed by atoms with van der Waals surface area (Å²) >= 11 is 17.7. The molecule has 3 amide bonds. The molecule has 0 radical (unpaired) electrons. The van der Waals surface area contributed by atoms with Crippen molar-refractivity contribution in [2.24, 2.45) is 5.92 Å². The van der Waals surface area contributed by atoms with Crippen LogP contribution in [0.4, 0.5) is 4.79 Å². The summed E-state index contributed by atoms with van der Waals surface area (Å²) in [5.41, 5.74) is -0.734. The molecule has 46 heavy (non-hydrogen) atoms. The molecule has 1 aromatic rings. The topological polar surface area (TPSA) is 221 Å². The number of nitrogens with zero attached hydrogens (tertiary/aromatic N) is 2. The molecular weight excluding hydrogens is 706 g/mol. The van der Waals surface area contributed by atoms with E-state index in [1.807, 2.05) is 0 Å². The molecule has 1 saturated heterocycles. The molecular formula is C26H22Cl3N4NaO11S. The van der Waals surface area contributed by atoms with E-state index in [9.17, 15) is 43.9 Å². The Morgan fingerprint density at radius 3 is 2.35 bits per heavy atom.